The van der Waals surface area contributed by atoms with Crippen LogP contribution in [0, 0.1) is 5.41 Å². The summed E-state index contributed by atoms with van der Waals surface area (Å²) in [7, 11) is -2.38. The Hall–Kier alpha value is -1.89. The van der Waals surface area contributed by atoms with Crippen molar-refractivity contribution >= 4 is 27.4 Å². The van der Waals surface area contributed by atoms with Crippen LogP contribution < -0.4 is 5.32 Å². The van der Waals surface area contributed by atoms with E-state index in [0.717, 1.165) is 0 Å². The van der Waals surface area contributed by atoms with Gasteiger partial charge < -0.3 is 10.1 Å². The minimum Gasteiger partial charge on any atom is -0.465 e. The molecule has 0 radical (unpaired) electrons. The predicted molar refractivity (Wildman–Crippen MR) is 72.2 cm³/mol. The van der Waals surface area contributed by atoms with Crippen LogP contribution in [0.15, 0.2) is 23.1 Å². The number of methoxy groups -OCH3 is 1. The molecule has 0 fully saturated rings. The second-order valence-corrected chi connectivity index (χ2v) is 7.26. The highest BCUT2D eigenvalue weighted by atomic mass is 32.2. The van der Waals surface area contributed by atoms with Gasteiger partial charge in [0.15, 0.2) is 9.84 Å². The predicted octanol–water partition coefficient (Wildman–Crippen LogP) is 1.23. The van der Waals surface area contributed by atoms with Crippen molar-refractivity contribution in [3.05, 3.63) is 23.8 Å². The molecule has 1 aliphatic heterocycles. The van der Waals surface area contributed by atoms with E-state index in [0.29, 0.717) is 0 Å². The Morgan fingerprint density at radius 2 is 2.00 bits per heavy atom. The number of benzene rings is 1. The zero-order valence-electron chi connectivity index (χ0n) is 11.4. The molecule has 0 unspecified atom stereocenters. The number of amides is 1. The lowest BCUT2D eigenvalue weighted by molar-refractivity contribution is -0.122. The van der Waals surface area contributed by atoms with Gasteiger partial charge in [0.05, 0.1) is 34.4 Å². The van der Waals surface area contributed by atoms with Gasteiger partial charge in [-0.3, -0.25) is 4.79 Å². The van der Waals surface area contributed by atoms with Gasteiger partial charge in [-0.15, -0.1) is 0 Å². The number of fused-ring (bicyclic) bond motifs is 1. The fourth-order valence-corrected chi connectivity index (χ4v) is 4.01. The van der Waals surface area contributed by atoms with Crippen LogP contribution in [0.4, 0.5) is 5.69 Å². The molecular formula is C13H15NO5S. The number of hydrogen-bond acceptors (Lipinski definition) is 5. The van der Waals surface area contributed by atoms with Crippen molar-refractivity contribution in [1.82, 2.24) is 0 Å². The molecule has 0 spiro atoms. The van der Waals surface area contributed by atoms with Gasteiger partial charge in [-0.1, -0.05) is 13.8 Å². The highest BCUT2D eigenvalue weighted by molar-refractivity contribution is 7.91. The number of anilines is 1. The van der Waals surface area contributed by atoms with E-state index in [1.54, 1.807) is 13.8 Å². The SMILES string of the molecule is COC(=O)c1ccc2c(c1)NC(=O)C(C)(C)CS2(=O)=O. The number of carbonyl (C=O) groups excluding carboxylic acids is 2. The van der Waals surface area contributed by atoms with E-state index in [-0.39, 0.29) is 21.9 Å². The van der Waals surface area contributed by atoms with Gasteiger partial charge >= 0.3 is 5.97 Å². The molecular weight excluding hydrogens is 282 g/mol. The first kappa shape index (κ1) is 14.5. The van der Waals surface area contributed by atoms with Crippen molar-refractivity contribution in [2.75, 3.05) is 18.2 Å². The van der Waals surface area contributed by atoms with Crippen LogP contribution in [-0.2, 0) is 19.4 Å². The van der Waals surface area contributed by atoms with Gasteiger partial charge in [0.25, 0.3) is 0 Å². The first-order valence-corrected chi connectivity index (χ1v) is 7.59. The molecule has 1 aliphatic rings. The van der Waals surface area contributed by atoms with Crippen molar-refractivity contribution in [2.24, 2.45) is 5.41 Å². The fourth-order valence-electron chi connectivity index (χ4n) is 2.05. The zero-order chi connectivity index (χ0) is 15.1. The molecule has 0 saturated carbocycles. The summed E-state index contributed by atoms with van der Waals surface area (Å²) in [5, 5.41) is 2.56. The van der Waals surface area contributed by atoms with E-state index in [1.807, 2.05) is 0 Å². The summed E-state index contributed by atoms with van der Waals surface area (Å²) in [6.07, 6.45) is 0. The van der Waals surface area contributed by atoms with Crippen molar-refractivity contribution in [3.8, 4) is 0 Å². The Bertz CT molecular complexity index is 691. The maximum Gasteiger partial charge on any atom is 0.337 e. The summed E-state index contributed by atoms with van der Waals surface area (Å²) in [6, 6.07) is 4.00. The largest absolute Gasteiger partial charge is 0.465 e. The lowest BCUT2D eigenvalue weighted by Gasteiger charge is -2.18. The van der Waals surface area contributed by atoms with Gasteiger partial charge in [-0.05, 0) is 18.2 Å². The number of nitrogens with one attached hydrogen (secondary N) is 1. The molecule has 1 N–H and O–H groups in total. The van der Waals surface area contributed by atoms with Gasteiger partial charge in [-0.25, -0.2) is 13.2 Å². The van der Waals surface area contributed by atoms with Crippen LogP contribution in [0.1, 0.15) is 24.2 Å². The Balaban J connectivity index is 2.62. The first-order valence-electron chi connectivity index (χ1n) is 5.94. The Labute approximate surface area is 117 Å². The molecule has 1 heterocycles. The Morgan fingerprint density at radius 3 is 2.60 bits per heavy atom. The van der Waals surface area contributed by atoms with E-state index in [4.69, 9.17) is 0 Å². The molecule has 0 aromatic heterocycles. The number of rotatable bonds is 1. The Morgan fingerprint density at radius 1 is 1.35 bits per heavy atom. The molecule has 0 aliphatic carbocycles. The number of ether oxygens (including phenoxy) is 1. The van der Waals surface area contributed by atoms with Crippen LogP contribution in [0.5, 0.6) is 0 Å². The van der Waals surface area contributed by atoms with Crippen molar-refractivity contribution < 1.29 is 22.7 Å². The van der Waals surface area contributed by atoms with E-state index in [1.165, 1.54) is 25.3 Å². The third-order valence-electron chi connectivity index (χ3n) is 3.15. The van der Waals surface area contributed by atoms with Crippen LogP contribution in [0.3, 0.4) is 0 Å². The monoisotopic (exact) mass is 297 g/mol. The minimum atomic E-state index is -3.60. The van der Waals surface area contributed by atoms with Crippen molar-refractivity contribution in [1.29, 1.82) is 0 Å². The van der Waals surface area contributed by atoms with Gasteiger partial charge in [0.1, 0.15) is 0 Å². The van der Waals surface area contributed by atoms with Crippen molar-refractivity contribution in [3.63, 3.8) is 0 Å². The molecule has 7 heteroatoms. The maximum absolute atomic E-state index is 12.3. The molecule has 0 atom stereocenters. The summed E-state index contributed by atoms with van der Waals surface area (Å²) >= 11 is 0. The van der Waals surface area contributed by atoms with E-state index in [9.17, 15) is 18.0 Å². The Kier molecular flexibility index (Phi) is 3.33. The molecule has 1 aromatic carbocycles. The average Bonchev–Trinajstić information content (AvgIpc) is 2.41. The van der Waals surface area contributed by atoms with Crippen LogP contribution >= 0.6 is 0 Å². The van der Waals surface area contributed by atoms with Crippen LogP contribution in [0.25, 0.3) is 0 Å². The van der Waals surface area contributed by atoms with Gasteiger partial charge in [0, 0.05) is 0 Å². The molecule has 1 aromatic rings. The smallest absolute Gasteiger partial charge is 0.337 e. The molecule has 0 saturated heterocycles. The second-order valence-electron chi connectivity index (χ2n) is 5.30. The van der Waals surface area contributed by atoms with Crippen LogP contribution in [0.2, 0.25) is 0 Å². The van der Waals surface area contributed by atoms with E-state index >= 15 is 0 Å². The summed E-state index contributed by atoms with van der Waals surface area (Å²) in [4.78, 5) is 23.5. The van der Waals surface area contributed by atoms with E-state index < -0.39 is 27.1 Å². The average molecular weight is 297 g/mol. The molecule has 6 nitrogen and oxygen atoms in total. The maximum atomic E-state index is 12.3. The summed E-state index contributed by atoms with van der Waals surface area (Å²) in [6.45, 7) is 3.12. The third kappa shape index (κ3) is 2.40. The lowest BCUT2D eigenvalue weighted by Crippen LogP contribution is -2.34. The summed E-state index contributed by atoms with van der Waals surface area (Å²) in [5.74, 6) is -1.28. The number of carbonyl (C=O) groups is 2. The zero-order valence-corrected chi connectivity index (χ0v) is 12.2. The van der Waals surface area contributed by atoms with Crippen LogP contribution in [-0.4, -0.2) is 33.2 Å². The molecule has 20 heavy (non-hydrogen) atoms. The highest BCUT2D eigenvalue weighted by Crippen LogP contribution is 2.33. The topological polar surface area (TPSA) is 89.5 Å². The second kappa shape index (κ2) is 4.59. The molecule has 108 valence electrons. The number of hydrogen-bond donors (Lipinski definition) is 1. The van der Waals surface area contributed by atoms with Gasteiger partial charge in [-0.2, -0.15) is 0 Å². The number of esters is 1. The first-order chi connectivity index (χ1) is 9.17. The number of sulfone groups is 1. The van der Waals surface area contributed by atoms with Gasteiger partial charge in [0.2, 0.25) is 5.91 Å². The van der Waals surface area contributed by atoms with E-state index in [2.05, 4.69) is 10.1 Å². The molecule has 0 bridgehead atoms. The molecule has 2 rings (SSSR count). The quantitative estimate of drug-likeness (QED) is 0.787. The highest BCUT2D eigenvalue weighted by Gasteiger charge is 2.39. The summed E-state index contributed by atoms with van der Waals surface area (Å²) < 4.78 is 29.2. The van der Waals surface area contributed by atoms with Crippen molar-refractivity contribution in [2.45, 2.75) is 18.7 Å². The summed E-state index contributed by atoms with van der Waals surface area (Å²) in [5.41, 5.74) is -0.742. The molecule has 1 amide bonds. The fraction of sp³-hybridized carbons (Fsp3) is 0.385. The minimum absolute atomic E-state index is 0.0177. The third-order valence-corrected chi connectivity index (χ3v) is 5.28. The normalized spacial score (nSPS) is 19.4. The standard InChI is InChI=1S/C13H15NO5S/c1-13(2)7-20(17,18)10-5-4-8(11(15)19-3)6-9(10)14-12(13)16/h4-6H,7H2,1-3H3,(H,14,16). The lowest BCUT2D eigenvalue weighted by atomic mass is 9.95.